The summed E-state index contributed by atoms with van der Waals surface area (Å²) in [6.45, 7) is 6.48. The second-order valence-electron chi connectivity index (χ2n) is 5.48. The van der Waals surface area contributed by atoms with Gasteiger partial charge in [-0.15, -0.1) is 0 Å². The average Bonchev–Trinajstić information content (AvgIpc) is 2.46. The third-order valence-corrected chi connectivity index (χ3v) is 3.90. The zero-order valence-electron chi connectivity index (χ0n) is 12.5. The van der Waals surface area contributed by atoms with Gasteiger partial charge in [-0.05, 0) is 49.1 Å². The Morgan fingerprint density at radius 1 is 1.30 bits per heavy atom. The Morgan fingerprint density at radius 3 is 2.70 bits per heavy atom. The Balaban J connectivity index is 2.00. The molecule has 4 heteroatoms. The summed E-state index contributed by atoms with van der Waals surface area (Å²) in [5.74, 6) is 0.500. The number of halogens is 1. The van der Waals surface area contributed by atoms with E-state index in [-0.39, 0.29) is 5.82 Å². The third-order valence-electron chi connectivity index (χ3n) is 3.90. The Labute approximate surface area is 121 Å². The van der Waals surface area contributed by atoms with Crippen LogP contribution in [0, 0.1) is 11.7 Å². The van der Waals surface area contributed by atoms with Crippen LogP contribution in [-0.4, -0.2) is 33.4 Å². The van der Waals surface area contributed by atoms with Crippen molar-refractivity contribution in [3.63, 3.8) is 0 Å². The van der Waals surface area contributed by atoms with Crippen LogP contribution in [0.25, 0.3) is 0 Å². The molecule has 20 heavy (non-hydrogen) atoms. The van der Waals surface area contributed by atoms with Crippen LogP contribution in [0.2, 0.25) is 0 Å². The van der Waals surface area contributed by atoms with Crippen LogP contribution in [0.4, 0.5) is 10.1 Å². The average molecular weight is 280 g/mol. The summed E-state index contributed by atoms with van der Waals surface area (Å²) in [7, 11) is 1.76. The SMILES string of the molecule is CCNCc1cc(F)cc(N2CCC(COC)CC2)c1. The normalized spacial score (nSPS) is 16.6. The largest absolute Gasteiger partial charge is 0.384 e. The van der Waals surface area contributed by atoms with Crippen molar-refractivity contribution in [1.82, 2.24) is 5.32 Å². The fourth-order valence-electron chi connectivity index (χ4n) is 2.78. The van der Waals surface area contributed by atoms with E-state index in [9.17, 15) is 4.39 Å². The summed E-state index contributed by atoms with van der Waals surface area (Å²) in [5.41, 5.74) is 2.02. The van der Waals surface area contributed by atoms with E-state index in [0.717, 1.165) is 56.9 Å². The maximum absolute atomic E-state index is 13.7. The van der Waals surface area contributed by atoms with Crippen LogP contribution in [0.1, 0.15) is 25.3 Å². The minimum Gasteiger partial charge on any atom is -0.384 e. The summed E-state index contributed by atoms with van der Waals surface area (Å²) in [6, 6.07) is 5.36. The quantitative estimate of drug-likeness (QED) is 0.867. The number of anilines is 1. The summed E-state index contributed by atoms with van der Waals surface area (Å²) < 4.78 is 19.0. The van der Waals surface area contributed by atoms with Gasteiger partial charge < -0.3 is 15.0 Å². The molecule has 1 N–H and O–H groups in total. The molecule has 0 aromatic heterocycles. The molecule has 1 aliphatic heterocycles. The third kappa shape index (κ3) is 4.18. The predicted molar refractivity (Wildman–Crippen MR) is 80.6 cm³/mol. The van der Waals surface area contributed by atoms with Crippen LogP contribution >= 0.6 is 0 Å². The summed E-state index contributed by atoms with van der Waals surface area (Å²) >= 11 is 0. The van der Waals surface area contributed by atoms with Gasteiger partial charge in [0.15, 0.2) is 0 Å². The maximum Gasteiger partial charge on any atom is 0.125 e. The lowest BCUT2D eigenvalue weighted by Crippen LogP contribution is -2.35. The molecule has 0 bridgehead atoms. The molecule has 2 rings (SSSR count). The molecule has 0 spiro atoms. The minimum atomic E-state index is -0.144. The lowest BCUT2D eigenvalue weighted by atomic mass is 9.97. The smallest absolute Gasteiger partial charge is 0.125 e. The Kier molecular flexibility index (Phi) is 5.80. The number of nitrogens with one attached hydrogen (secondary N) is 1. The van der Waals surface area contributed by atoms with E-state index in [0.29, 0.717) is 5.92 Å². The van der Waals surface area contributed by atoms with Gasteiger partial charge >= 0.3 is 0 Å². The molecule has 0 aliphatic carbocycles. The van der Waals surface area contributed by atoms with Gasteiger partial charge in [-0.1, -0.05) is 6.92 Å². The first kappa shape index (κ1) is 15.3. The molecule has 1 aliphatic rings. The van der Waals surface area contributed by atoms with Gasteiger partial charge in [0.2, 0.25) is 0 Å². The van der Waals surface area contributed by atoms with Crippen molar-refractivity contribution in [3.05, 3.63) is 29.6 Å². The maximum atomic E-state index is 13.7. The van der Waals surface area contributed by atoms with E-state index >= 15 is 0 Å². The molecule has 1 saturated heterocycles. The first-order chi connectivity index (χ1) is 9.72. The fraction of sp³-hybridized carbons (Fsp3) is 0.625. The van der Waals surface area contributed by atoms with Crippen molar-refractivity contribution in [3.8, 4) is 0 Å². The molecule has 1 fully saturated rings. The number of nitrogens with zero attached hydrogens (tertiary/aromatic N) is 1. The number of benzene rings is 1. The molecular formula is C16H25FN2O. The monoisotopic (exact) mass is 280 g/mol. The second kappa shape index (κ2) is 7.60. The van der Waals surface area contributed by atoms with Gasteiger partial charge in [0, 0.05) is 39.0 Å². The zero-order valence-corrected chi connectivity index (χ0v) is 12.5. The number of rotatable bonds is 6. The summed E-state index contributed by atoms with van der Waals surface area (Å²) in [4.78, 5) is 2.28. The van der Waals surface area contributed by atoms with Crippen molar-refractivity contribution in [2.24, 2.45) is 5.92 Å². The first-order valence-electron chi connectivity index (χ1n) is 7.47. The minimum absolute atomic E-state index is 0.144. The molecule has 1 aromatic carbocycles. The molecule has 0 radical (unpaired) electrons. The van der Waals surface area contributed by atoms with Crippen molar-refractivity contribution in [1.29, 1.82) is 0 Å². The molecular weight excluding hydrogens is 255 g/mol. The van der Waals surface area contributed by atoms with Crippen LogP contribution in [-0.2, 0) is 11.3 Å². The van der Waals surface area contributed by atoms with Crippen LogP contribution in [0.5, 0.6) is 0 Å². The highest BCUT2D eigenvalue weighted by molar-refractivity contribution is 5.49. The van der Waals surface area contributed by atoms with E-state index in [1.54, 1.807) is 19.2 Å². The van der Waals surface area contributed by atoms with E-state index < -0.39 is 0 Å². The number of ether oxygens (including phenoxy) is 1. The van der Waals surface area contributed by atoms with Crippen molar-refractivity contribution >= 4 is 5.69 Å². The lowest BCUT2D eigenvalue weighted by Gasteiger charge is -2.33. The van der Waals surface area contributed by atoms with Gasteiger partial charge in [-0.25, -0.2) is 4.39 Å². The van der Waals surface area contributed by atoms with Gasteiger partial charge in [-0.3, -0.25) is 0 Å². The standard InChI is InChI=1S/C16H25FN2O/c1-3-18-11-14-8-15(17)10-16(9-14)19-6-4-13(5-7-19)12-20-2/h8-10,13,18H,3-7,11-12H2,1-2H3. The Hall–Kier alpha value is -1.13. The summed E-state index contributed by atoms with van der Waals surface area (Å²) in [6.07, 6.45) is 2.24. The molecule has 3 nitrogen and oxygen atoms in total. The summed E-state index contributed by atoms with van der Waals surface area (Å²) in [5, 5.41) is 3.24. The number of hydrogen-bond acceptors (Lipinski definition) is 3. The van der Waals surface area contributed by atoms with Crippen molar-refractivity contribution in [2.75, 3.05) is 38.3 Å². The van der Waals surface area contributed by atoms with E-state index in [4.69, 9.17) is 4.74 Å². The second-order valence-corrected chi connectivity index (χ2v) is 5.48. The van der Waals surface area contributed by atoms with Crippen LogP contribution < -0.4 is 10.2 Å². The van der Waals surface area contributed by atoms with Crippen LogP contribution in [0.15, 0.2) is 18.2 Å². The van der Waals surface area contributed by atoms with Gasteiger partial charge in [-0.2, -0.15) is 0 Å². The van der Waals surface area contributed by atoms with E-state index in [1.165, 1.54) is 0 Å². The molecule has 112 valence electrons. The zero-order chi connectivity index (χ0) is 14.4. The van der Waals surface area contributed by atoms with Crippen molar-refractivity contribution < 1.29 is 9.13 Å². The Morgan fingerprint density at radius 2 is 2.05 bits per heavy atom. The highest BCUT2D eigenvalue weighted by Crippen LogP contribution is 2.25. The highest BCUT2D eigenvalue weighted by atomic mass is 19.1. The predicted octanol–water partition coefficient (Wildman–Crippen LogP) is 2.80. The van der Waals surface area contributed by atoms with E-state index in [1.807, 2.05) is 0 Å². The Bertz CT molecular complexity index is 417. The molecule has 0 atom stereocenters. The molecule has 0 amide bonds. The topological polar surface area (TPSA) is 24.5 Å². The van der Waals surface area contributed by atoms with Crippen molar-refractivity contribution in [2.45, 2.75) is 26.3 Å². The molecule has 0 saturated carbocycles. The number of methoxy groups -OCH3 is 1. The molecule has 1 aromatic rings. The number of piperidine rings is 1. The molecule has 0 unspecified atom stereocenters. The van der Waals surface area contributed by atoms with Gasteiger partial charge in [0.25, 0.3) is 0 Å². The fourth-order valence-corrected chi connectivity index (χ4v) is 2.78. The van der Waals surface area contributed by atoms with E-state index in [2.05, 4.69) is 23.2 Å². The lowest BCUT2D eigenvalue weighted by molar-refractivity contribution is 0.139. The number of hydrogen-bond donors (Lipinski definition) is 1. The van der Waals surface area contributed by atoms with Gasteiger partial charge in [0.1, 0.15) is 5.82 Å². The highest BCUT2D eigenvalue weighted by Gasteiger charge is 2.19. The van der Waals surface area contributed by atoms with Gasteiger partial charge in [0.05, 0.1) is 0 Å². The first-order valence-corrected chi connectivity index (χ1v) is 7.47. The molecule has 1 heterocycles. The van der Waals surface area contributed by atoms with Crippen LogP contribution in [0.3, 0.4) is 0 Å².